The van der Waals surface area contributed by atoms with Crippen molar-refractivity contribution in [2.45, 2.75) is 39.3 Å². The molecule has 0 saturated carbocycles. The number of aromatic nitrogens is 1. The van der Waals surface area contributed by atoms with Gasteiger partial charge in [0, 0.05) is 12.6 Å². The molecule has 0 aliphatic carbocycles. The van der Waals surface area contributed by atoms with Crippen LogP contribution in [0.1, 0.15) is 42.8 Å². The van der Waals surface area contributed by atoms with Crippen molar-refractivity contribution in [3.8, 4) is 11.5 Å². The van der Waals surface area contributed by atoms with E-state index in [1.54, 1.807) is 0 Å². The number of nitrogens with two attached hydrogens (primary N) is 1. The molecule has 140 valence electrons. The number of rotatable bonds is 8. The summed E-state index contributed by atoms with van der Waals surface area (Å²) in [5.74, 6) is 1.56. The highest BCUT2D eigenvalue weighted by Crippen LogP contribution is 2.35. The lowest BCUT2D eigenvalue weighted by Gasteiger charge is -2.23. The molecule has 1 aromatic heterocycles. The van der Waals surface area contributed by atoms with E-state index in [9.17, 15) is 4.79 Å². The molecule has 26 heavy (non-hydrogen) atoms. The van der Waals surface area contributed by atoms with Gasteiger partial charge in [-0.3, -0.25) is 9.69 Å². The maximum absolute atomic E-state index is 10.9. The summed E-state index contributed by atoms with van der Waals surface area (Å²) in [5, 5.41) is 4.01. The van der Waals surface area contributed by atoms with Gasteiger partial charge in [0.2, 0.25) is 0 Å². The minimum absolute atomic E-state index is 0.168. The maximum atomic E-state index is 10.9. The van der Waals surface area contributed by atoms with E-state index in [-0.39, 0.29) is 12.6 Å². The average molecular weight is 359 g/mol. The highest BCUT2D eigenvalue weighted by Gasteiger charge is 2.29. The van der Waals surface area contributed by atoms with Gasteiger partial charge in [0.05, 0.1) is 18.3 Å². The molecular weight excluding hydrogens is 334 g/mol. The fourth-order valence-electron chi connectivity index (χ4n) is 3.30. The number of ether oxygens (including phenoxy) is 2. The topological polar surface area (TPSA) is 90.8 Å². The lowest BCUT2D eigenvalue weighted by atomic mass is 10.1. The summed E-state index contributed by atoms with van der Waals surface area (Å²) in [5.41, 5.74) is 7.17. The van der Waals surface area contributed by atoms with E-state index in [2.05, 4.69) is 10.1 Å². The smallest absolute Gasteiger partial charge is 0.255 e. The molecule has 7 heteroatoms. The van der Waals surface area contributed by atoms with Crippen molar-refractivity contribution in [1.82, 2.24) is 10.1 Å². The van der Waals surface area contributed by atoms with Crippen LogP contribution in [0.2, 0.25) is 0 Å². The molecule has 0 radical (unpaired) electrons. The summed E-state index contributed by atoms with van der Waals surface area (Å²) < 4.78 is 16.6. The molecule has 1 atom stereocenters. The SMILES string of the molecule is CCOc1cc(CN2CCC[C@H]2c2cc(C)no2)ccc1OCC(N)=O. The number of carbonyl (C=O) groups is 1. The van der Waals surface area contributed by atoms with Crippen LogP contribution >= 0.6 is 0 Å². The summed E-state index contributed by atoms with van der Waals surface area (Å²) >= 11 is 0. The summed E-state index contributed by atoms with van der Waals surface area (Å²) in [4.78, 5) is 13.3. The molecule has 3 rings (SSSR count). The zero-order chi connectivity index (χ0) is 18.5. The van der Waals surface area contributed by atoms with Crippen LogP contribution in [0.5, 0.6) is 11.5 Å². The zero-order valence-corrected chi connectivity index (χ0v) is 15.2. The lowest BCUT2D eigenvalue weighted by molar-refractivity contribution is -0.119. The Bertz CT molecular complexity index is 759. The van der Waals surface area contributed by atoms with E-state index in [1.165, 1.54) is 0 Å². The molecular formula is C19H25N3O4. The second-order valence-corrected chi connectivity index (χ2v) is 6.47. The Hall–Kier alpha value is -2.54. The summed E-state index contributed by atoms with van der Waals surface area (Å²) in [6.07, 6.45) is 2.19. The Labute approximate surface area is 153 Å². The Balaban J connectivity index is 1.74. The van der Waals surface area contributed by atoms with Gasteiger partial charge in [-0.1, -0.05) is 11.2 Å². The van der Waals surface area contributed by atoms with Crippen LogP contribution in [0, 0.1) is 6.92 Å². The molecule has 0 bridgehead atoms. The Morgan fingerprint density at radius 2 is 2.19 bits per heavy atom. The molecule has 0 unspecified atom stereocenters. The fraction of sp³-hybridized carbons (Fsp3) is 0.474. The average Bonchev–Trinajstić information content (AvgIpc) is 3.23. The third-order valence-electron chi connectivity index (χ3n) is 4.40. The quantitative estimate of drug-likeness (QED) is 0.779. The largest absolute Gasteiger partial charge is 0.490 e. The van der Waals surface area contributed by atoms with Crippen LogP contribution in [0.3, 0.4) is 0 Å². The monoisotopic (exact) mass is 359 g/mol. The van der Waals surface area contributed by atoms with Crippen LogP contribution in [0.4, 0.5) is 0 Å². The van der Waals surface area contributed by atoms with Gasteiger partial charge in [-0.2, -0.15) is 0 Å². The van der Waals surface area contributed by atoms with Crippen LogP contribution in [-0.2, 0) is 11.3 Å². The van der Waals surface area contributed by atoms with Crippen molar-refractivity contribution >= 4 is 5.91 Å². The van der Waals surface area contributed by atoms with Crippen molar-refractivity contribution in [3.63, 3.8) is 0 Å². The minimum atomic E-state index is -0.515. The van der Waals surface area contributed by atoms with E-state index in [4.69, 9.17) is 19.7 Å². The molecule has 1 aromatic carbocycles. The van der Waals surface area contributed by atoms with Crippen molar-refractivity contribution in [2.24, 2.45) is 5.73 Å². The Morgan fingerprint density at radius 3 is 2.88 bits per heavy atom. The number of primary amides is 1. The van der Waals surface area contributed by atoms with E-state index in [0.717, 1.165) is 42.9 Å². The fourth-order valence-corrected chi connectivity index (χ4v) is 3.30. The molecule has 1 saturated heterocycles. The predicted molar refractivity (Wildman–Crippen MR) is 95.9 cm³/mol. The van der Waals surface area contributed by atoms with Crippen molar-refractivity contribution in [3.05, 3.63) is 41.3 Å². The van der Waals surface area contributed by atoms with Gasteiger partial charge in [0.15, 0.2) is 23.9 Å². The second-order valence-electron chi connectivity index (χ2n) is 6.47. The molecule has 1 aliphatic heterocycles. The third-order valence-corrected chi connectivity index (χ3v) is 4.40. The van der Waals surface area contributed by atoms with Crippen molar-refractivity contribution < 1.29 is 18.8 Å². The standard InChI is InChI=1S/C19H25N3O4/c1-3-24-18-10-14(6-7-16(18)25-12-19(20)23)11-22-8-4-5-15(22)17-9-13(2)21-26-17/h6-7,9-10,15H,3-5,8,11-12H2,1-2H3,(H2,20,23)/t15-/m0/s1. The highest BCUT2D eigenvalue weighted by atomic mass is 16.5. The highest BCUT2D eigenvalue weighted by molar-refractivity contribution is 5.75. The van der Waals surface area contributed by atoms with E-state index in [0.29, 0.717) is 18.1 Å². The number of hydrogen-bond acceptors (Lipinski definition) is 6. The second kappa shape index (κ2) is 8.23. The normalized spacial score (nSPS) is 17.4. The molecule has 1 amide bonds. The van der Waals surface area contributed by atoms with Crippen LogP contribution in [0.25, 0.3) is 0 Å². The van der Waals surface area contributed by atoms with Crippen molar-refractivity contribution in [1.29, 1.82) is 0 Å². The van der Waals surface area contributed by atoms with E-state index >= 15 is 0 Å². The maximum Gasteiger partial charge on any atom is 0.255 e. The molecule has 7 nitrogen and oxygen atoms in total. The number of hydrogen-bond donors (Lipinski definition) is 1. The van der Waals surface area contributed by atoms with Gasteiger partial charge >= 0.3 is 0 Å². The summed E-state index contributed by atoms with van der Waals surface area (Å²) in [6.45, 7) is 5.98. The number of amides is 1. The molecule has 1 aliphatic rings. The number of benzene rings is 1. The molecule has 2 heterocycles. The van der Waals surface area contributed by atoms with Crippen LogP contribution in [0.15, 0.2) is 28.8 Å². The first-order chi connectivity index (χ1) is 12.6. The first-order valence-electron chi connectivity index (χ1n) is 8.91. The third kappa shape index (κ3) is 4.35. The van der Waals surface area contributed by atoms with Gasteiger partial charge in [0.25, 0.3) is 5.91 Å². The Morgan fingerprint density at radius 1 is 1.35 bits per heavy atom. The zero-order valence-electron chi connectivity index (χ0n) is 15.2. The van der Waals surface area contributed by atoms with Gasteiger partial charge < -0.3 is 19.7 Å². The molecule has 2 N–H and O–H groups in total. The van der Waals surface area contributed by atoms with Gasteiger partial charge in [-0.05, 0) is 50.9 Å². The number of nitrogens with zero attached hydrogens (tertiary/aromatic N) is 2. The first kappa shape index (κ1) is 18.3. The molecule has 0 spiro atoms. The number of aryl methyl sites for hydroxylation is 1. The predicted octanol–water partition coefficient (Wildman–Crippen LogP) is 2.58. The lowest BCUT2D eigenvalue weighted by Crippen LogP contribution is -2.22. The Kier molecular flexibility index (Phi) is 5.78. The van der Waals surface area contributed by atoms with Crippen LogP contribution < -0.4 is 15.2 Å². The number of carbonyl (C=O) groups excluding carboxylic acids is 1. The first-order valence-corrected chi connectivity index (χ1v) is 8.91. The van der Waals surface area contributed by atoms with E-state index in [1.807, 2.05) is 38.1 Å². The minimum Gasteiger partial charge on any atom is -0.490 e. The van der Waals surface area contributed by atoms with Crippen molar-refractivity contribution in [2.75, 3.05) is 19.8 Å². The van der Waals surface area contributed by atoms with Crippen LogP contribution in [-0.4, -0.2) is 35.7 Å². The van der Waals surface area contributed by atoms with E-state index < -0.39 is 5.91 Å². The van der Waals surface area contributed by atoms with Gasteiger partial charge in [0.1, 0.15) is 0 Å². The van der Waals surface area contributed by atoms with Gasteiger partial charge in [-0.15, -0.1) is 0 Å². The summed E-state index contributed by atoms with van der Waals surface area (Å²) in [7, 11) is 0. The number of likely N-dealkylation sites (tertiary alicyclic amines) is 1. The van der Waals surface area contributed by atoms with Gasteiger partial charge in [-0.25, -0.2) is 0 Å². The molecule has 2 aromatic rings. The molecule has 1 fully saturated rings. The summed E-state index contributed by atoms with van der Waals surface area (Å²) in [6, 6.07) is 8.03.